The van der Waals surface area contributed by atoms with Gasteiger partial charge in [-0.2, -0.15) is 0 Å². The molecule has 0 saturated heterocycles. The van der Waals surface area contributed by atoms with Crippen LogP contribution in [0, 0.1) is 5.92 Å². The average Bonchev–Trinajstić information content (AvgIpc) is 2.41. The van der Waals surface area contributed by atoms with Gasteiger partial charge in [-0.1, -0.05) is 31.2 Å². The normalized spacial score (nSPS) is 20.6. The van der Waals surface area contributed by atoms with Crippen LogP contribution in [0.4, 0.5) is 0 Å². The van der Waals surface area contributed by atoms with E-state index in [0.717, 1.165) is 5.57 Å². The minimum atomic E-state index is -0.265. The highest BCUT2D eigenvalue weighted by Gasteiger charge is 2.20. The van der Waals surface area contributed by atoms with Gasteiger partial charge in [0.15, 0.2) is 0 Å². The van der Waals surface area contributed by atoms with Gasteiger partial charge in [0.05, 0.1) is 13.2 Å². The highest BCUT2D eigenvalue weighted by Crippen LogP contribution is 2.32. The van der Waals surface area contributed by atoms with E-state index in [9.17, 15) is 15.3 Å². The van der Waals surface area contributed by atoms with Gasteiger partial charge in [0.2, 0.25) is 0 Å². The molecule has 0 aromatic carbocycles. The van der Waals surface area contributed by atoms with Gasteiger partial charge in [-0.05, 0) is 42.1 Å². The first-order valence-corrected chi connectivity index (χ1v) is 6.98. The summed E-state index contributed by atoms with van der Waals surface area (Å²) in [4.78, 5) is 0. The number of hydrogen-bond donors (Lipinski definition) is 4. The highest BCUT2D eigenvalue weighted by molar-refractivity contribution is 5.43. The van der Waals surface area contributed by atoms with Crippen LogP contribution in [0.15, 0.2) is 58.6 Å². The van der Waals surface area contributed by atoms with Crippen LogP contribution in [-0.2, 0) is 0 Å². The lowest BCUT2D eigenvalue weighted by molar-refractivity contribution is 0.303. The van der Waals surface area contributed by atoms with Crippen LogP contribution in [0.25, 0.3) is 0 Å². The molecule has 21 heavy (non-hydrogen) atoms. The van der Waals surface area contributed by atoms with Crippen LogP contribution in [-0.4, -0.2) is 33.6 Å². The first-order valence-electron chi connectivity index (χ1n) is 6.98. The van der Waals surface area contributed by atoms with E-state index >= 15 is 0 Å². The Hall–Kier alpha value is -1.78. The highest BCUT2D eigenvalue weighted by atomic mass is 16.3. The zero-order chi connectivity index (χ0) is 16.0. The maximum Gasteiger partial charge on any atom is 0.120 e. The summed E-state index contributed by atoms with van der Waals surface area (Å²) in [5.41, 5.74) is 2.61. The van der Waals surface area contributed by atoms with Gasteiger partial charge in [-0.25, -0.2) is 0 Å². The number of rotatable bonds is 6. The van der Waals surface area contributed by atoms with Gasteiger partial charge in [0.1, 0.15) is 11.5 Å². The Kier molecular flexibility index (Phi) is 6.46. The summed E-state index contributed by atoms with van der Waals surface area (Å²) >= 11 is 0. The summed E-state index contributed by atoms with van der Waals surface area (Å²) < 4.78 is 0. The van der Waals surface area contributed by atoms with Crippen LogP contribution < -0.4 is 0 Å². The third-order valence-electron chi connectivity index (χ3n) is 3.30. The standard InChI is InChI=1S/C17H24O4/c1-11(2)6-13(16(20)4-5-18)9-14-7-12(3)8-15(10-19)17(14)21/h4,6-7,12,18-21H,1,5,8-10H2,2-3H3/b13-6-,16-4-. The summed E-state index contributed by atoms with van der Waals surface area (Å²) in [5, 5.41) is 38.4. The zero-order valence-corrected chi connectivity index (χ0v) is 12.6. The second-order valence-corrected chi connectivity index (χ2v) is 5.45. The fraction of sp³-hybridized carbons (Fsp3) is 0.412. The minimum absolute atomic E-state index is 0.0297. The summed E-state index contributed by atoms with van der Waals surface area (Å²) in [6.45, 7) is 7.16. The van der Waals surface area contributed by atoms with Crippen molar-refractivity contribution < 1.29 is 20.4 Å². The SMILES string of the molecule is C=C(C)/C=C(CC1=CC(C)CC(CO)=C1O)\C(O)=C\CO. The molecule has 4 N–H and O–H groups in total. The first-order chi connectivity index (χ1) is 9.88. The molecule has 0 heterocycles. The second-order valence-electron chi connectivity index (χ2n) is 5.45. The predicted octanol–water partition coefficient (Wildman–Crippen LogP) is 3.08. The molecule has 0 fully saturated rings. The maximum atomic E-state index is 10.2. The Bertz CT molecular complexity index is 521. The third-order valence-corrected chi connectivity index (χ3v) is 3.30. The molecule has 4 nitrogen and oxygen atoms in total. The Morgan fingerprint density at radius 2 is 2.10 bits per heavy atom. The van der Waals surface area contributed by atoms with E-state index in [4.69, 9.17) is 5.11 Å². The molecule has 4 heteroatoms. The van der Waals surface area contributed by atoms with Crippen LogP contribution in [0.5, 0.6) is 0 Å². The van der Waals surface area contributed by atoms with Crippen molar-refractivity contribution in [1.29, 1.82) is 0 Å². The molecular formula is C17H24O4. The fourth-order valence-corrected chi connectivity index (χ4v) is 2.41. The molecule has 1 rings (SSSR count). The topological polar surface area (TPSA) is 80.9 Å². The van der Waals surface area contributed by atoms with Crippen LogP contribution >= 0.6 is 0 Å². The average molecular weight is 292 g/mol. The fourth-order valence-electron chi connectivity index (χ4n) is 2.41. The van der Waals surface area contributed by atoms with Crippen LogP contribution in [0.3, 0.4) is 0 Å². The van der Waals surface area contributed by atoms with E-state index in [0.29, 0.717) is 29.6 Å². The van der Waals surface area contributed by atoms with Crippen molar-refractivity contribution in [1.82, 2.24) is 0 Å². The molecule has 0 bridgehead atoms. The molecule has 0 radical (unpaired) electrons. The molecule has 0 amide bonds. The van der Waals surface area contributed by atoms with Crippen molar-refractivity contribution >= 4 is 0 Å². The van der Waals surface area contributed by atoms with Gasteiger partial charge < -0.3 is 20.4 Å². The van der Waals surface area contributed by atoms with E-state index in [2.05, 4.69) is 6.58 Å². The molecule has 0 aromatic heterocycles. The lowest BCUT2D eigenvalue weighted by Crippen LogP contribution is -2.11. The van der Waals surface area contributed by atoms with Crippen molar-refractivity contribution in [3.05, 3.63) is 58.6 Å². The van der Waals surface area contributed by atoms with E-state index in [1.165, 1.54) is 6.08 Å². The molecule has 1 atom stereocenters. The molecule has 116 valence electrons. The summed E-state index contributed by atoms with van der Waals surface area (Å²) in [5.74, 6) is 0.283. The summed E-state index contributed by atoms with van der Waals surface area (Å²) in [6.07, 6.45) is 5.90. The quantitative estimate of drug-likeness (QED) is 0.448. The number of hydrogen-bond acceptors (Lipinski definition) is 4. The van der Waals surface area contributed by atoms with E-state index in [1.54, 1.807) is 13.0 Å². The number of aliphatic hydroxyl groups is 4. The lowest BCUT2D eigenvalue weighted by atomic mass is 9.87. The van der Waals surface area contributed by atoms with Gasteiger partial charge >= 0.3 is 0 Å². The van der Waals surface area contributed by atoms with E-state index in [1.807, 2.05) is 13.0 Å². The molecule has 1 unspecified atom stereocenters. The summed E-state index contributed by atoms with van der Waals surface area (Å²) in [6, 6.07) is 0. The van der Waals surface area contributed by atoms with Gasteiger partial charge in [0, 0.05) is 6.42 Å². The molecule has 1 aliphatic carbocycles. The van der Waals surface area contributed by atoms with Gasteiger partial charge in [-0.3, -0.25) is 0 Å². The van der Waals surface area contributed by atoms with Crippen molar-refractivity contribution in [3.63, 3.8) is 0 Å². The van der Waals surface area contributed by atoms with Crippen molar-refractivity contribution in [3.8, 4) is 0 Å². The second kappa shape index (κ2) is 7.86. The van der Waals surface area contributed by atoms with Crippen molar-refractivity contribution in [2.75, 3.05) is 13.2 Å². The summed E-state index contributed by atoms with van der Waals surface area (Å²) in [7, 11) is 0. The van der Waals surface area contributed by atoms with E-state index < -0.39 is 0 Å². The molecule has 1 aliphatic rings. The lowest BCUT2D eigenvalue weighted by Gasteiger charge is -2.21. The van der Waals surface area contributed by atoms with Crippen LogP contribution in [0.2, 0.25) is 0 Å². The molecular weight excluding hydrogens is 268 g/mol. The first kappa shape index (κ1) is 17.3. The van der Waals surface area contributed by atoms with Gasteiger partial charge in [0.25, 0.3) is 0 Å². The van der Waals surface area contributed by atoms with Crippen molar-refractivity contribution in [2.45, 2.75) is 26.7 Å². The third kappa shape index (κ3) is 4.92. The predicted molar refractivity (Wildman–Crippen MR) is 83.9 cm³/mol. The monoisotopic (exact) mass is 292 g/mol. The van der Waals surface area contributed by atoms with Crippen LogP contribution in [0.1, 0.15) is 26.7 Å². The Labute approximate surface area is 125 Å². The molecule has 0 aliphatic heterocycles. The molecule has 0 aromatic rings. The van der Waals surface area contributed by atoms with Crippen molar-refractivity contribution in [2.24, 2.45) is 5.92 Å². The Balaban J connectivity index is 3.11. The number of aliphatic hydroxyl groups excluding tert-OH is 4. The Morgan fingerprint density at radius 1 is 1.43 bits per heavy atom. The number of allylic oxidation sites excluding steroid dienone is 5. The minimum Gasteiger partial charge on any atom is -0.508 e. The smallest absolute Gasteiger partial charge is 0.120 e. The van der Waals surface area contributed by atoms with Gasteiger partial charge in [-0.15, -0.1) is 0 Å². The largest absolute Gasteiger partial charge is 0.508 e. The maximum absolute atomic E-state index is 10.2. The molecule has 0 saturated carbocycles. The van der Waals surface area contributed by atoms with E-state index in [-0.39, 0.29) is 30.6 Å². The zero-order valence-electron chi connectivity index (χ0n) is 12.6. The molecule has 0 spiro atoms. The Morgan fingerprint density at radius 3 is 2.62 bits per heavy atom.